The Balaban J connectivity index is 1.30. The third-order valence-electron chi connectivity index (χ3n) is 12.1. The second-order valence-electron chi connectivity index (χ2n) is 15.8. The van der Waals surface area contributed by atoms with Crippen LogP contribution < -0.4 is 10.5 Å². The summed E-state index contributed by atoms with van der Waals surface area (Å²) in [5.74, 6) is -3.37. The molecule has 0 aromatic heterocycles. The Morgan fingerprint density at radius 1 is 0.738 bits per heavy atom. The fourth-order valence-electron chi connectivity index (χ4n) is 9.20. The minimum atomic E-state index is -2.17. The molecule has 4 aromatic rings. The summed E-state index contributed by atoms with van der Waals surface area (Å²) in [7, 11) is 0. The van der Waals surface area contributed by atoms with Crippen LogP contribution in [0.5, 0.6) is 23.0 Å². The van der Waals surface area contributed by atoms with E-state index in [1.54, 1.807) is 48.5 Å². The monoisotopic (exact) mass is 830 g/mol. The van der Waals surface area contributed by atoms with Crippen molar-refractivity contribution in [2.24, 2.45) is 5.73 Å². The van der Waals surface area contributed by atoms with Crippen LogP contribution in [0.25, 0.3) is 0 Å². The molecule has 0 spiro atoms. The Morgan fingerprint density at radius 2 is 1.33 bits per heavy atom. The van der Waals surface area contributed by atoms with Gasteiger partial charge in [0.2, 0.25) is 17.4 Å². The van der Waals surface area contributed by atoms with Crippen molar-refractivity contribution in [3.8, 4) is 23.0 Å². The lowest BCUT2D eigenvalue weighted by Crippen LogP contribution is -2.72. The number of carbonyl (C=O) groups is 6. The molecule has 15 nitrogen and oxygen atoms in total. The van der Waals surface area contributed by atoms with E-state index in [0.717, 1.165) is 4.90 Å². The number of piperidine rings is 2. The molecule has 8 rings (SSSR count). The van der Waals surface area contributed by atoms with Crippen molar-refractivity contribution >= 4 is 35.2 Å². The van der Waals surface area contributed by atoms with Gasteiger partial charge in [0, 0.05) is 31.5 Å². The molecule has 4 aliphatic heterocycles. The summed E-state index contributed by atoms with van der Waals surface area (Å²) in [6.45, 7) is -0.526. The quantitative estimate of drug-likeness (QED) is 0.177. The summed E-state index contributed by atoms with van der Waals surface area (Å²) >= 11 is 0. The molecule has 4 fully saturated rings. The highest BCUT2D eigenvalue weighted by atomic mass is 16.5. The number of fused-ring (bicyclic) bond motifs is 2. The first kappa shape index (κ1) is 41.2. The van der Waals surface area contributed by atoms with Crippen LogP contribution in [0, 0.1) is 0 Å². The maximum Gasteiger partial charge on any atom is 0.255 e. The van der Waals surface area contributed by atoms with E-state index in [2.05, 4.69) is 0 Å². The Morgan fingerprint density at radius 3 is 1.95 bits per heavy atom. The smallest absolute Gasteiger partial charge is 0.255 e. The maximum absolute atomic E-state index is 15.7. The summed E-state index contributed by atoms with van der Waals surface area (Å²) < 4.78 is 17.6. The number of phenols is 2. The van der Waals surface area contributed by atoms with Crippen molar-refractivity contribution in [2.75, 3.05) is 26.3 Å². The van der Waals surface area contributed by atoms with Gasteiger partial charge >= 0.3 is 0 Å². The number of nitrogens with zero attached hydrogens (tertiary/aromatic N) is 3. The van der Waals surface area contributed by atoms with Crippen LogP contribution in [0.2, 0.25) is 0 Å². The molecule has 4 N–H and O–H groups in total. The SMILES string of the molecule is NC(=O)C12C(=O)COC1CCCN2C(=O)C(Cc1ccc(O)cc1)N(C(=O)c1ccc(Oc2ccccc2)cc1)C(Cc1ccc(O)cc1)C(=O)N1CCCC2OCC(=O)C21. The Hall–Kier alpha value is -6.58. The third kappa shape index (κ3) is 7.93. The molecule has 0 saturated carbocycles. The number of primary amides is 1. The number of hydrogen-bond donors (Lipinski definition) is 3. The van der Waals surface area contributed by atoms with Gasteiger partial charge < -0.3 is 44.9 Å². The number of phenolic OH excluding ortho intramolecular Hbond substituents is 2. The Bertz CT molecular complexity index is 2300. The van der Waals surface area contributed by atoms with Crippen LogP contribution in [0.3, 0.4) is 0 Å². The Labute approximate surface area is 351 Å². The van der Waals surface area contributed by atoms with E-state index in [1.165, 1.54) is 46.2 Å². The molecule has 6 atom stereocenters. The van der Waals surface area contributed by atoms with Crippen LogP contribution in [0.4, 0.5) is 0 Å². The van der Waals surface area contributed by atoms with Gasteiger partial charge in [-0.1, -0.05) is 42.5 Å². The predicted octanol–water partition coefficient (Wildman–Crippen LogP) is 3.33. The number of benzene rings is 4. The van der Waals surface area contributed by atoms with E-state index < -0.39 is 71.9 Å². The number of likely N-dealkylation sites (tertiary alicyclic amines) is 2. The van der Waals surface area contributed by atoms with Gasteiger partial charge in [0.05, 0.1) is 12.2 Å². The summed E-state index contributed by atoms with van der Waals surface area (Å²) in [4.78, 5) is 91.1. The molecular weight excluding hydrogens is 785 g/mol. The molecule has 6 unspecified atom stereocenters. The van der Waals surface area contributed by atoms with Gasteiger partial charge in [0.25, 0.3) is 11.8 Å². The summed E-state index contributed by atoms with van der Waals surface area (Å²) in [5.41, 5.74) is 4.93. The lowest BCUT2D eigenvalue weighted by molar-refractivity contribution is -0.162. The predicted molar refractivity (Wildman–Crippen MR) is 217 cm³/mol. The largest absolute Gasteiger partial charge is 0.508 e. The van der Waals surface area contributed by atoms with Crippen LogP contribution in [-0.4, -0.2) is 122 Å². The van der Waals surface area contributed by atoms with Gasteiger partial charge in [0.1, 0.15) is 54.3 Å². The van der Waals surface area contributed by atoms with E-state index in [0.29, 0.717) is 41.9 Å². The first-order valence-corrected chi connectivity index (χ1v) is 20.4. The molecule has 4 aromatic carbocycles. The number of hydrogen-bond acceptors (Lipinski definition) is 11. The van der Waals surface area contributed by atoms with E-state index in [9.17, 15) is 24.6 Å². The molecule has 4 heterocycles. The van der Waals surface area contributed by atoms with Gasteiger partial charge in [-0.25, -0.2) is 0 Å². The van der Waals surface area contributed by atoms with Crippen molar-refractivity contribution in [1.29, 1.82) is 0 Å². The van der Waals surface area contributed by atoms with Crippen LogP contribution in [0.1, 0.15) is 47.2 Å². The standard InChI is InChI=1S/C46H46N4O11/c47-45(58)46-39(54)27-60-40(46)9-5-23-49(46)44(57)36(25-29-12-18-32(52)19-13-29)50(42(55)30-14-20-34(21-15-30)61-33-6-2-1-3-7-33)35(24-28-10-16-31(51)17-11-28)43(56)48-22-4-8-38-41(48)37(53)26-59-38/h1-3,6-7,10-21,35-36,38,40-41,51-52H,4-5,8-9,22-27H2,(H2,47,58). The highest BCUT2D eigenvalue weighted by molar-refractivity contribution is 6.15. The molecule has 0 bridgehead atoms. The minimum absolute atomic E-state index is 0.0369. The normalized spacial score (nSPS) is 23.1. The number of rotatable bonds is 12. The fraction of sp³-hybridized carbons (Fsp3) is 0.348. The van der Waals surface area contributed by atoms with Crippen molar-refractivity contribution in [2.45, 2.75) is 74.4 Å². The van der Waals surface area contributed by atoms with Crippen molar-refractivity contribution in [3.05, 3.63) is 120 Å². The zero-order valence-corrected chi connectivity index (χ0v) is 33.3. The van der Waals surface area contributed by atoms with Gasteiger partial charge in [-0.05, 0) is 97.5 Å². The number of carbonyl (C=O) groups excluding carboxylic acids is 6. The van der Waals surface area contributed by atoms with Crippen LogP contribution in [-0.2, 0) is 46.3 Å². The molecule has 61 heavy (non-hydrogen) atoms. The molecule has 0 radical (unpaired) electrons. The van der Waals surface area contributed by atoms with Gasteiger partial charge in [0.15, 0.2) is 11.6 Å². The van der Waals surface area contributed by atoms with E-state index in [-0.39, 0.29) is 61.8 Å². The molecule has 15 heteroatoms. The first-order valence-electron chi connectivity index (χ1n) is 20.4. The zero-order chi connectivity index (χ0) is 42.8. The lowest BCUT2D eigenvalue weighted by Gasteiger charge is -2.48. The first-order chi connectivity index (χ1) is 29.4. The number of para-hydroxylation sites is 1. The third-order valence-corrected chi connectivity index (χ3v) is 12.1. The molecular formula is C46H46N4O11. The molecule has 4 amide bonds. The van der Waals surface area contributed by atoms with Crippen molar-refractivity contribution in [3.63, 3.8) is 0 Å². The molecule has 0 aliphatic carbocycles. The van der Waals surface area contributed by atoms with E-state index >= 15 is 14.4 Å². The molecule has 4 aliphatic rings. The van der Waals surface area contributed by atoms with Gasteiger partial charge in [-0.15, -0.1) is 0 Å². The molecule has 4 saturated heterocycles. The van der Waals surface area contributed by atoms with Crippen molar-refractivity contribution < 1.29 is 53.2 Å². The second kappa shape index (κ2) is 17.2. The van der Waals surface area contributed by atoms with Crippen molar-refractivity contribution in [1.82, 2.24) is 14.7 Å². The number of aromatic hydroxyl groups is 2. The second-order valence-corrected chi connectivity index (χ2v) is 15.8. The van der Waals surface area contributed by atoms with Gasteiger partial charge in [-0.3, -0.25) is 28.8 Å². The summed E-state index contributed by atoms with van der Waals surface area (Å²) in [6, 6.07) is 23.3. The highest BCUT2D eigenvalue weighted by Gasteiger charge is 2.64. The average Bonchev–Trinajstić information content (AvgIpc) is 3.84. The summed E-state index contributed by atoms with van der Waals surface area (Å²) in [5, 5.41) is 20.4. The number of nitrogens with two attached hydrogens (primary N) is 1. The fourth-order valence-corrected chi connectivity index (χ4v) is 9.20. The molecule has 316 valence electrons. The lowest BCUT2D eigenvalue weighted by atomic mass is 9.80. The van der Waals surface area contributed by atoms with Crippen LogP contribution in [0.15, 0.2) is 103 Å². The number of ether oxygens (including phenoxy) is 3. The maximum atomic E-state index is 15.7. The zero-order valence-electron chi connectivity index (χ0n) is 33.3. The van der Waals surface area contributed by atoms with Crippen LogP contribution >= 0.6 is 0 Å². The van der Waals surface area contributed by atoms with Gasteiger partial charge in [-0.2, -0.15) is 0 Å². The van der Waals surface area contributed by atoms with E-state index in [1.807, 2.05) is 18.2 Å². The summed E-state index contributed by atoms with van der Waals surface area (Å²) in [6.07, 6.45) is -0.313. The number of Topliss-reactive ketones (excluding diaryl/α,β-unsaturated/α-hetero) is 2. The number of amides is 4. The minimum Gasteiger partial charge on any atom is -0.508 e. The average molecular weight is 831 g/mol. The highest BCUT2D eigenvalue weighted by Crippen LogP contribution is 2.39. The Kier molecular flexibility index (Phi) is 11.6. The topological polar surface area (TPSA) is 206 Å². The number of ketones is 2. The van der Waals surface area contributed by atoms with E-state index in [4.69, 9.17) is 19.9 Å².